The molecule has 2 amide bonds. The lowest BCUT2D eigenvalue weighted by Gasteiger charge is -2.19. The van der Waals surface area contributed by atoms with Gasteiger partial charge in [-0.2, -0.15) is 0 Å². The van der Waals surface area contributed by atoms with Crippen LogP contribution in [0.25, 0.3) is 0 Å². The summed E-state index contributed by atoms with van der Waals surface area (Å²) in [6.45, 7) is 0. The fourth-order valence-electron chi connectivity index (χ4n) is 2.17. The van der Waals surface area contributed by atoms with E-state index in [-0.39, 0.29) is 0 Å². The third kappa shape index (κ3) is 4.33. The second-order valence-electron chi connectivity index (χ2n) is 4.98. The first-order valence-corrected chi connectivity index (χ1v) is 7.11. The molecule has 0 unspecified atom stereocenters. The SMILES string of the molecule is O=C(N[C@H](C(=O)O)c1ccccc1)N[C@H](C(=O)O)c1ccccc1. The normalized spacial score (nSPS) is 12.7. The second-order valence-corrected chi connectivity index (χ2v) is 4.98. The van der Waals surface area contributed by atoms with Crippen LogP contribution in [0.15, 0.2) is 60.7 Å². The van der Waals surface area contributed by atoms with Crippen LogP contribution in [0.3, 0.4) is 0 Å². The molecule has 0 aliphatic carbocycles. The number of hydrogen-bond acceptors (Lipinski definition) is 3. The third-order valence-corrected chi connectivity index (χ3v) is 3.31. The zero-order valence-electron chi connectivity index (χ0n) is 12.5. The standard InChI is InChI=1S/C17H16N2O5/c20-15(21)13(11-7-3-1-4-8-11)18-17(24)19-14(16(22)23)12-9-5-2-6-10-12/h1-10,13-14H,(H,20,21)(H,22,23)(H2,18,19,24)/t13-,14-/m0/s1. The molecule has 7 heteroatoms. The van der Waals surface area contributed by atoms with Crippen molar-refractivity contribution in [3.05, 3.63) is 71.8 Å². The number of carbonyl (C=O) groups excluding carboxylic acids is 1. The van der Waals surface area contributed by atoms with Crippen LogP contribution >= 0.6 is 0 Å². The van der Waals surface area contributed by atoms with Crippen LogP contribution in [-0.2, 0) is 9.59 Å². The minimum absolute atomic E-state index is 0.381. The Morgan fingerprint density at radius 2 is 1.00 bits per heavy atom. The molecule has 0 aliphatic rings. The van der Waals surface area contributed by atoms with Crippen molar-refractivity contribution in [3.8, 4) is 0 Å². The average Bonchev–Trinajstić information content (AvgIpc) is 2.58. The van der Waals surface area contributed by atoms with Crippen LogP contribution < -0.4 is 10.6 Å². The molecule has 0 fully saturated rings. The number of carbonyl (C=O) groups is 3. The average molecular weight is 328 g/mol. The third-order valence-electron chi connectivity index (χ3n) is 3.31. The van der Waals surface area contributed by atoms with Gasteiger partial charge < -0.3 is 20.8 Å². The Morgan fingerprint density at radius 3 is 1.29 bits per heavy atom. The Bertz CT molecular complexity index is 657. The van der Waals surface area contributed by atoms with Gasteiger partial charge in [-0.05, 0) is 11.1 Å². The molecular formula is C17H16N2O5. The number of rotatable bonds is 6. The molecule has 24 heavy (non-hydrogen) atoms. The minimum Gasteiger partial charge on any atom is -0.479 e. The molecule has 0 saturated heterocycles. The van der Waals surface area contributed by atoms with Gasteiger partial charge in [0, 0.05) is 0 Å². The van der Waals surface area contributed by atoms with Crippen molar-refractivity contribution in [1.29, 1.82) is 0 Å². The van der Waals surface area contributed by atoms with Crippen LogP contribution in [-0.4, -0.2) is 28.2 Å². The van der Waals surface area contributed by atoms with Crippen LogP contribution in [0.5, 0.6) is 0 Å². The smallest absolute Gasteiger partial charge is 0.330 e. The highest BCUT2D eigenvalue weighted by Crippen LogP contribution is 2.15. The lowest BCUT2D eigenvalue weighted by Crippen LogP contribution is -2.44. The van der Waals surface area contributed by atoms with E-state index >= 15 is 0 Å². The summed E-state index contributed by atoms with van der Waals surface area (Å²) in [5.74, 6) is -2.49. The van der Waals surface area contributed by atoms with Crippen molar-refractivity contribution in [2.45, 2.75) is 12.1 Å². The molecule has 2 aromatic rings. The van der Waals surface area contributed by atoms with Gasteiger partial charge in [0.25, 0.3) is 0 Å². The van der Waals surface area contributed by atoms with Crippen LogP contribution in [0.2, 0.25) is 0 Å². The van der Waals surface area contributed by atoms with Gasteiger partial charge in [0.15, 0.2) is 12.1 Å². The van der Waals surface area contributed by atoms with Crippen molar-refractivity contribution in [2.24, 2.45) is 0 Å². The fraction of sp³-hybridized carbons (Fsp3) is 0.118. The second kappa shape index (κ2) is 7.77. The van der Waals surface area contributed by atoms with Gasteiger partial charge in [-0.3, -0.25) is 0 Å². The van der Waals surface area contributed by atoms with Gasteiger partial charge >= 0.3 is 18.0 Å². The van der Waals surface area contributed by atoms with Crippen LogP contribution in [0.4, 0.5) is 4.79 Å². The summed E-state index contributed by atoms with van der Waals surface area (Å²) in [4.78, 5) is 34.8. The molecule has 4 N–H and O–H groups in total. The molecule has 124 valence electrons. The van der Waals surface area contributed by atoms with E-state index in [1.807, 2.05) is 0 Å². The lowest BCUT2D eigenvalue weighted by atomic mass is 10.1. The molecule has 7 nitrogen and oxygen atoms in total. The first-order chi connectivity index (χ1) is 11.5. The summed E-state index contributed by atoms with van der Waals surface area (Å²) in [5.41, 5.74) is 0.762. The first-order valence-electron chi connectivity index (χ1n) is 7.11. The number of carboxylic acids is 2. The summed E-state index contributed by atoms with van der Waals surface area (Å²) in [5, 5.41) is 23.1. The Balaban J connectivity index is 2.12. The number of carboxylic acid groups (broad SMARTS) is 2. The maximum Gasteiger partial charge on any atom is 0.330 e. The molecule has 2 atom stereocenters. The highest BCUT2D eigenvalue weighted by molar-refractivity contribution is 5.87. The van der Waals surface area contributed by atoms with Crippen molar-refractivity contribution in [1.82, 2.24) is 10.6 Å². The molecule has 0 spiro atoms. The topological polar surface area (TPSA) is 116 Å². The van der Waals surface area contributed by atoms with E-state index < -0.39 is 30.1 Å². The van der Waals surface area contributed by atoms with Gasteiger partial charge in [0.05, 0.1) is 0 Å². The lowest BCUT2D eigenvalue weighted by molar-refractivity contribution is -0.139. The highest BCUT2D eigenvalue weighted by atomic mass is 16.4. The van der Waals surface area contributed by atoms with E-state index in [2.05, 4.69) is 10.6 Å². The number of benzene rings is 2. The Labute approximate surface area is 137 Å². The number of urea groups is 1. The monoisotopic (exact) mass is 328 g/mol. The maximum absolute atomic E-state index is 12.1. The van der Waals surface area contributed by atoms with E-state index in [1.54, 1.807) is 60.7 Å². The quantitative estimate of drug-likeness (QED) is 0.647. The summed E-state index contributed by atoms with van der Waals surface area (Å²) in [7, 11) is 0. The van der Waals surface area contributed by atoms with Crippen LogP contribution in [0.1, 0.15) is 23.2 Å². The summed E-state index contributed by atoms with van der Waals surface area (Å²) < 4.78 is 0. The molecular weight excluding hydrogens is 312 g/mol. The summed E-state index contributed by atoms with van der Waals surface area (Å²) in [6, 6.07) is 12.8. The molecule has 0 aromatic heterocycles. The Morgan fingerprint density at radius 1 is 0.667 bits per heavy atom. The Kier molecular flexibility index (Phi) is 5.51. The van der Waals surface area contributed by atoms with E-state index in [1.165, 1.54) is 0 Å². The zero-order valence-corrected chi connectivity index (χ0v) is 12.5. The van der Waals surface area contributed by atoms with E-state index in [0.717, 1.165) is 0 Å². The highest BCUT2D eigenvalue weighted by Gasteiger charge is 2.26. The fourth-order valence-corrected chi connectivity index (χ4v) is 2.17. The summed E-state index contributed by atoms with van der Waals surface area (Å²) in [6.07, 6.45) is 0. The molecule has 0 heterocycles. The predicted molar refractivity (Wildman–Crippen MR) is 85.3 cm³/mol. The zero-order chi connectivity index (χ0) is 17.5. The predicted octanol–water partition coefficient (Wildman–Crippen LogP) is 1.94. The number of nitrogens with one attached hydrogen (secondary N) is 2. The van der Waals surface area contributed by atoms with Gasteiger partial charge in [-0.1, -0.05) is 60.7 Å². The van der Waals surface area contributed by atoms with Gasteiger partial charge in [-0.15, -0.1) is 0 Å². The number of amides is 2. The molecule has 2 aromatic carbocycles. The molecule has 2 rings (SSSR count). The minimum atomic E-state index is -1.28. The number of aliphatic carboxylic acids is 2. The molecule has 0 bridgehead atoms. The van der Waals surface area contributed by atoms with Gasteiger partial charge in [0.1, 0.15) is 0 Å². The molecule has 0 aliphatic heterocycles. The number of hydrogen-bond donors (Lipinski definition) is 4. The van der Waals surface area contributed by atoms with Crippen molar-refractivity contribution < 1.29 is 24.6 Å². The van der Waals surface area contributed by atoms with Gasteiger partial charge in [0.2, 0.25) is 0 Å². The van der Waals surface area contributed by atoms with Crippen molar-refractivity contribution >= 4 is 18.0 Å². The summed E-state index contributed by atoms with van der Waals surface area (Å²) >= 11 is 0. The van der Waals surface area contributed by atoms with Crippen molar-refractivity contribution in [3.63, 3.8) is 0 Å². The maximum atomic E-state index is 12.1. The van der Waals surface area contributed by atoms with Crippen LogP contribution in [0, 0.1) is 0 Å². The van der Waals surface area contributed by atoms with E-state index in [4.69, 9.17) is 0 Å². The molecule has 0 saturated carbocycles. The first kappa shape index (κ1) is 17.0. The largest absolute Gasteiger partial charge is 0.479 e. The van der Waals surface area contributed by atoms with E-state index in [0.29, 0.717) is 11.1 Å². The Hall–Kier alpha value is -3.35. The van der Waals surface area contributed by atoms with Gasteiger partial charge in [-0.25, -0.2) is 14.4 Å². The van der Waals surface area contributed by atoms with Crippen molar-refractivity contribution in [2.75, 3.05) is 0 Å². The molecule has 0 radical (unpaired) electrons. The van der Waals surface area contributed by atoms with E-state index in [9.17, 15) is 24.6 Å².